The van der Waals surface area contributed by atoms with Crippen molar-refractivity contribution in [2.45, 2.75) is 44.2 Å². The summed E-state index contributed by atoms with van der Waals surface area (Å²) in [5.74, 6) is -0.381. The smallest absolute Gasteiger partial charge is 0.280 e. The summed E-state index contributed by atoms with van der Waals surface area (Å²) in [6.45, 7) is 3.38. The molecule has 11 heteroatoms. The summed E-state index contributed by atoms with van der Waals surface area (Å²) in [6.07, 6.45) is -2.21. The standard InChI is InChI=1S/C15H22N6O5/c1-15(2)25-8-6(5-22)24-12(9(8)26-15)21-10-7(17-14(21)20(3)4)11(23)19-13(16)18-10/h6,8-9,12,22H,5H2,1-4H3,(H3,16,18,19,23)/t6-,8-,9-,12-/m1/s1. The summed E-state index contributed by atoms with van der Waals surface area (Å²) in [5.41, 5.74) is 5.71. The van der Waals surface area contributed by atoms with Crippen molar-refractivity contribution in [3.8, 4) is 0 Å². The quantitative estimate of drug-likeness (QED) is 0.635. The lowest BCUT2D eigenvalue weighted by molar-refractivity contribution is -0.199. The predicted octanol–water partition coefficient (Wildman–Crippen LogP) is -0.822. The van der Waals surface area contributed by atoms with E-state index < -0.39 is 35.9 Å². The molecule has 0 bridgehead atoms. The second kappa shape index (κ2) is 5.64. The Morgan fingerprint density at radius 3 is 2.65 bits per heavy atom. The zero-order chi connectivity index (χ0) is 18.8. The van der Waals surface area contributed by atoms with E-state index in [0.29, 0.717) is 5.95 Å². The number of aromatic nitrogens is 4. The highest BCUT2D eigenvalue weighted by Gasteiger charge is 2.56. The Hall–Kier alpha value is -2.21. The van der Waals surface area contributed by atoms with Gasteiger partial charge in [-0.1, -0.05) is 0 Å². The summed E-state index contributed by atoms with van der Waals surface area (Å²) in [4.78, 5) is 25.1. The van der Waals surface area contributed by atoms with Crippen molar-refractivity contribution in [2.24, 2.45) is 0 Å². The molecule has 142 valence electrons. The Morgan fingerprint density at radius 1 is 1.31 bits per heavy atom. The molecule has 2 fully saturated rings. The number of aliphatic hydroxyl groups is 1. The maximum absolute atomic E-state index is 12.2. The Kier molecular flexibility index (Phi) is 3.74. The van der Waals surface area contributed by atoms with Crippen LogP contribution in [0.3, 0.4) is 0 Å². The number of nitrogen functional groups attached to an aromatic ring is 1. The van der Waals surface area contributed by atoms with Crippen molar-refractivity contribution >= 4 is 23.1 Å². The fourth-order valence-electron chi connectivity index (χ4n) is 3.55. The van der Waals surface area contributed by atoms with Crippen LogP contribution in [0.15, 0.2) is 4.79 Å². The SMILES string of the molecule is CN(C)c1nc2c(=O)[nH]c(N)nc2n1[C@@H]1O[C@H](CO)[C@H]2OC(C)(C)O[C@H]21. The Balaban J connectivity index is 1.91. The fraction of sp³-hybridized carbons (Fsp3) is 0.667. The molecule has 4 N–H and O–H groups in total. The minimum Gasteiger partial charge on any atom is -0.394 e. The minimum atomic E-state index is -0.816. The molecule has 2 saturated heterocycles. The monoisotopic (exact) mass is 366 g/mol. The molecule has 0 aromatic carbocycles. The van der Waals surface area contributed by atoms with Gasteiger partial charge in [0, 0.05) is 14.1 Å². The first kappa shape index (κ1) is 17.2. The lowest BCUT2D eigenvalue weighted by Crippen LogP contribution is -2.31. The molecule has 4 rings (SSSR count). The van der Waals surface area contributed by atoms with Gasteiger partial charge in [0.25, 0.3) is 5.56 Å². The lowest BCUT2D eigenvalue weighted by atomic mass is 10.1. The van der Waals surface area contributed by atoms with Crippen molar-refractivity contribution in [3.05, 3.63) is 10.4 Å². The van der Waals surface area contributed by atoms with Gasteiger partial charge in [-0.25, -0.2) is 4.98 Å². The third kappa shape index (κ3) is 2.47. The normalized spacial score (nSPS) is 30.0. The van der Waals surface area contributed by atoms with Gasteiger partial charge in [0.1, 0.15) is 18.3 Å². The average Bonchev–Trinajstić information content (AvgIpc) is 3.15. The van der Waals surface area contributed by atoms with E-state index in [4.69, 9.17) is 19.9 Å². The Morgan fingerprint density at radius 2 is 2.00 bits per heavy atom. The van der Waals surface area contributed by atoms with Crippen molar-refractivity contribution < 1.29 is 19.3 Å². The van der Waals surface area contributed by atoms with Crippen LogP contribution < -0.4 is 16.2 Å². The highest BCUT2D eigenvalue weighted by molar-refractivity contribution is 5.75. The van der Waals surface area contributed by atoms with E-state index in [1.165, 1.54) is 0 Å². The number of fused-ring (bicyclic) bond motifs is 2. The summed E-state index contributed by atoms with van der Waals surface area (Å²) in [6, 6.07) is 0. The summed E-state index contributed by atoms with van der Waals surface area (Å²) < 4.78 is 19.6. The van der Waals surface area contributed by atoms with Crippen LogP contribution in [0.1, 0.15) is 20.1 Å². The maximum Gasteiger partial charge on any atom is 0.280 e. The first-order valence-electron chi connectivity index (χ1n) is 8.29. The molecule has 4 heterocycles. The largest absolute Gasteiger partial charge is 0.394 e. The molecule has 4 atom stereocenters. The Labute approximate surface area is 148 Å². The zero-order valence-electron chi connectivity index (χ0n) is 15.0. The number of aromatic amines is 1. The van der Waals surface area contributed by atoms with E-state index in [0.717, 1.165) is 0 Å². The second-order valence-electron chi connectivity index (χ2n) is 7.11. The third-order valence-electron chi connectivity index (χ3n) is 4.51. The molecule has 0 aliphatic carbocycles. The molecule has 2 aromatic heterocycles. The number of ether oxygens (including phenoxy) is 3. The number of imidazole rings is 1. The van der Waals surface area contributed by atoms with Crippen LogP contribution in [0.25, 0.3) is 11.2 Å². The number of anilines is 2. The van der Waals surface area contributed by atoms with E-state index >= 15 is 0 Å². The van der Waals surface area contributed by atoms with Crippen molar-refractivity contribution in [1.29, 1.82) is 0 Å². The van der Waals surface area contributed by atoms with Gasteiger partial charge in [-0.05, 0) is 13.8 Å². The van der Waals surface area contributed by atoms with Gasteiger partial charge in [0.05, 0.1) is 6.61 Å². The molecule has 26 heavy (non-hydrogen) atoms. The second-order valence-corrected chi connectivity index (χ2v) is 7.11. The molecule has 11 nitrogen and oxygen atoms in total. The highest BCUT2D eigenvalue weighted by Crippen LogP contribution is 2.44. The number of nitrogens with one attached hydrogen (secondary N) is 1. The van der Waals surface area contributed by atoms with Gasteiger partial charge in [0.2, 0.25) is 11.9 Å². The first-order valence-corrected chi connectivity index (χ1v) is 8.29. The average molecular weight is 366 g/mol. The lowest BCUT2D eigenvalue weighted by Gasteiger charge is -2.26. The van der Waals surface area contributed by atoms with E-state index in [1.807, 2.05) is 0 Å². The van der Waals surface area contributed by atoms with Gasteiger partial charge < -0.3 is 30.0 Å². The van der Waals surface area contributed by atoms with E-state index in [2.05, 4.69) is 15.0 Å². The third-order valence-corrected chi connectivity index (χ3v) is 4.51. The van der Waals surface area contributed by atoms with Gasteiger partial charge in [-0.2, -0.15) is 4.98 Å². The topological polar surface area (TPSA) is 141 Å². The molecule has 2 aliphatic heterocycles. The number of aliphatic hydroxyl groups excluding tert-OH is 1. The molecular weight excluding hydrogens is 344 g/mol. The summed E-state index contributed by atoms with van der Waals surface area (Å²) in [7, 11) is 3.59. The number of hydrogen-bond donors (Lipinski definition) is 3. The molecule has 0 spiro atoms. The van der Waals surface area contributed by atoms with Crippen LogP contribution in [0.4, 0.5) is 11.9 Å². The molecule has 0 saturated carbocycles. The van der Waals surface area contributed by atoms with Gasteiger partial charge in [-0.3, -0.25) is 14.3 Å². The highest BCUT2D eigenvalue weighted by atomic mass is 16.8. The maximum atomic E-state index is 12.2. The first-order chi connectivity index (χ1) is 12.2. The Bertz CT molecular complexity index is 906. The van der Waals surface area contributed by atoms with Crippen LogP contribution in [0.2, 0.25) is 0 Å². The number of nitrogens with two attached hydrogens (primary N) is 1. The van der Waals surface area contributed by atoms with Crippen LogP contribution in [-0.2, 0) is 14.2 Å². The zero-order valence-corrected chi connectivity index (χ0v) is 15.0. The molecule has 0 amide bonds. The predicted molar refractivity (Wildman–Crippen MR) is 91.7 cm³/mol. The summed E-state index contributed by atoms with van der Waals surface area (Å²) >= 11 is 0. The molecular formula is C15H22N6O5. The number of hydrogen-bond acceptors (Lipinski definition) is 9. The van der Waals surface area contributed by atoms with Crippen LogP contribution in [0, 0.1) is 0 Å². The number of rotatable bonds is 3. The molecule has 2 aromatic rings. The number of nitrogens with zero attached hydrogens (tertiary/aromatic N) is 4. The molecule has 2 aliphatic rings. The van der Waals surface area contributed by atoms with E-state index in [1.54, 1.807) is 37.4 Å². The van der Waals surface area contributed by atoms with Crippen LogP contribution >= 0.6 is 0 Å². The molecule has 0 radical (unpaired) electrons. The molecule has 0 unspecified atom stereocenters. The van der Waals surface area contributed by atoms with E-state index in [-0.39, 0.29) is 23.7 Å². The number of H-pyrrole nitrogens is 1. The van der Waals surface area contributed by atoms with Crippen LogP contribution in [0.5, 0.6) is 0 Å². The van der Waals surface area contributed by atoms with Gasteiger partial charge in [0.15, 0.2) is 23.2 Å². The van der Waals surface area contributed by atoms with Crippen molar-refractivity contribution in [3.63, 3.8) is 0 Å². The van der Waals surface area contributed by atoms with Gasteiger partial charge >= 0.3 is 0 Å². The van der Waals surface area contributed by atoms with Crippen molar-refractivity contribution in [1.82, 2.24) is 19.5 Å². The minimum absolute atomic E-state index is 0.0221. The van der Waals surface area contributed by atoms with Crippen molar-refractivity contribution in [2.75, 3.05) is 31.3 Å². The van der Waals surface area contributed by atoms with Crippen LogP contribution in [-0.4, -0.2) is 69.4 Å². The summed E-state index contributed by atoms with van der Waals surface area (Å²) in [5, 5.41) is 9.69. The fourth-order valence-corrected chi connectivity index (χ4v) is 3.55. The van der Waals surface area contributed by atoms with Gasteiger partial charge in [-0.15, -0.1) is 0 Å². The van der Waals surface area contributed by atoms with E-state index in [9.17, 15) is 9.90 Å².